The lowest BCUT2D eigenvalue weighted by atomic mass is 10.2. The lowest BCUT2D eigenvalue weighted by Crippen LogP contribution is -2.43. The quantitative estimate of drug-likeness (QED) is 0.724. The second kappa shape index (κ2) is 8.46. The topological polar surface area (TPSA) is 104 Å². The maximum absolute atomic E-state index is 13.0. The fourth-order valence-electron chi connectivity index (χ4n) is 3.31. The molecule has 1 heterocycles. The minimum atomic E-state index is -3.81. The largest absolute Gasteiger partial charge is 0.325 e. The molecule has 1 amide bonds. The fourth-order valence-corrected chi connectivity index (χ4v) is 5.91. The summed E-state index contributed by atoms with van der Waals surface area (Å²) in [6.07, 6.45) is 0.963. The molecule has 0 saturated carbocycles. The van der Waals surface area contributed by atoms with E-state index in [2.05, 4.69) is 5.32 Å². The SMILES string of the molecule is Cc1ccc(S(=O)(=O)N2CCC[C@H]2C(=O)Nc2cccc(S(=O)(=O)N(C)C)c2)cc1. The van der Waals surface area contributed by atoms with Crippen molar-refractivity contribution in [1.29, 1.82) is 0 Å². The average Bonchev–Trinajstić information content (AvgIpc) is 3.19. The summed E-state index contributed by atoms with van der Waals surface area (Å²) in [5, 5.41) is 2.67. The van der Waals surface area contributed by atoms with Gasteiger partial charge >= 0.3 is 0 Å². The van der Waals surface area contributed by atoms with Gasteiger partial charge in [0.1, 0.15) is 6.04 Å². The lowest BCUT2D eigenvalue weighted by Gasteiger charge is -2.23. The van der Waals surface area contributed by atoms with Crippen molar-refractivity contribution in [1.82, 2.24) is 8.61 Å². The van der Waals surface area contributed by atoms with Crippen LogP contribution in [-0.4, -0.2) is 58.0 Å². The highest BCUT2D eigenvalue weighted by Gasteiger charge is 2.39. The predicted octanol–water partition coefficient (Wildman–Crippen LogP) is 2.04. The van der Waals surface area contributed by atoms with Crippen molar-refractivity contribution in [3.05, 3.63) is 54.1 Å². The summed E-state index contributed by atoms with van der Waals surface area (Å²) in [7, 11) is -4.62. The van der Waals surface area contributed by atoms with Gasteiger partial charge in [-0.3, -0.25) is 4.79 Å². The Kier molecular flexibility index (Phi) is 6.32. The normalized spacial score (nSPS) is 17.9. The van der Waals surface area contributed by atoms with E-state index in [1.54, 1.807) is 18.2 Å². The van der Waals surface area contributed by atoms with Gasteiger partial charge in [0.05, 0.1) is 9.79 Å². The summed E-state index contributed by atoms with van der Waals surface area (Å²) in [5.41, 5.74) is 1.24. The van der Waals surface area contributed by atoms with Crippen molar-refractivity contribution < 1.29 is 21.6 Å². The average molecular weight is 452 g/mol. The summed E-state index contributed by atoms with van der Waals surface area (Å²) in [4.78, 5) is 13.1. The number of nitrogens with one attached hydrogen (secondary N) is 1. The smallest absolute Gasteiger partial charge is 0.243 e. The second-order valence-corrected chi connectivity index (χ2v) is 11.4. The Bertz CT molecular complexity index is 1140. The van der Waals surface area contributed by atoms with Crippen LogP contribution in [0.4, 0.5) is 5.69 Å². The van der Waals surface area contributed by atoms with Crippen molar-refractivity contribution in [2.24, 2.45) is 0 Å². The van der Waals surface area contributed by atoms with Gasteiger partial charge in [-0.1, -0.05) is 23.8 Å². The standard InChI is InChI=1S/C20H25N3O5S2/c1-15-9-11-17(12-10-15)30(27,28)23-13-5-8-19(23)20(24)21-16-6-4-7-18(14-16)29(25,26)22(2)3/h4,6-7,9-12,14,19H,5,8,13H2,1-3H3,(H,21,24)/t19-/m0/s1. The number of benzene rings is 2. The number of carbonyl (C=O) groups excluding carboxylic acids is 1. The maximum atomic E-state index is 13.0. The van der Waals surface area contributed by atoms with Crippen molar-refractivity contribution >= 4 is 31.6 Å². The number of carbonyl (C=O) groups is 1. The van der Waals surface area contributed by atoms with E-state index in [0.717, 1.165) is 9.87 Å². The van der Waals surface area contributed by atoms with E-state index in [9.17, 15) is 21.6 Å². The number of aryl methyl sites for hydroxylation is 1. The van der Waals surface area contributed by atoms with E-state index >= 15 is 0 Å². The van der Waals surface area contributed by atoms with Crippen molar-refractivity contribution in [3.63, 3.8) is 0 Å². The number of hydrogen-bond donors (Lipinski definition) is 1. The number of sulfonamides is 2. The molecule has 1 N–H and O–H groups in total. The Morgan fingerprint density at radius 2 is 1.70 bits per heavy atom. The zero-order valence-corrected chi connectivity index (χ0v) is 18.7. The maximum Gasteiger partial charge on any atom is 0.243 e. The van der Waals surface area contributed by atoms with Crippen LogP contribution in [0.3, 0.4) is 0 Å². The molecule has 3 rings (SSSR count). The van der Waals surface area contributed by atoms with E-state index in [1.807, 2.05) is 6.92 Å². The Balaban J connectivity index is 1.83. The molecule has 0 unspecified atom stereocenters. The number of hydrogen-bond acceptors (Lipinski definition) is 5. The summed E-state index contributed by atoms with van der Waals surface area (Å²) in [6, 6.07) is 11.5. The molecule has 0 radical (unpaired) electrons. The van der Waals surface area contributed by atoms with Crippen LogP contribution >= 0.6 is 0 Å². The Morgan fingerprint density at radius 3 is 2.33 bits per heavy atom. The first-order valence-corrected chi connectivity index (χ1v) is 12.3. The van der Waals surface area contributed by atoms with Crippen LogP contribution in [0.5, 0.6) is 0 Å². The van der Waals surface area contributed by atoms with Crippen molar-refractivity contribution in [2.75, 3.05) is 26.0 Å². The van der Waals surface area contributed by atoms with Gasteiger partial charge in [0, 0.05) is 26.3 Å². The monoisotopic (exact) mass is 451 g/mol. The first-order chi connectivity index (χ1) is 14.0. The molecular formula is C20H25N3O5S2. The molecule has 10 heteroatoms. The Labute approximate surface area is 177 Å². The minimum absolute atomic E-state index is 0.0425. The molecule has 1 aliphatic heterocycles. The zero-order valence-electron chi connectivity index (χ0n) is 17.1. The van der Waals surface area contributed by atoms with Crippen molar-refractivity contribution in [2.45, 2.75) is 35.6 Å². The third-order valence-electron chi connectivity index (χ3n) is 5.01. The van der Waals surface area contributed by atoms with Gasteiger partial charge in [0.15, 0.2) is 0 Å². The molecule has 1 fully saturated rings. The first-order valence-electron chi connectivity index (χ1n) is 9.45. The van der Waals surface area contributed by atoms with Gasteiger partial charge in [-0.15, -0.1) is 0 Å². The molecule has 0 bridgehead atoms. The van der Waals surface area contributed by atoms with Crippen LogP contribution in [0.25, 0.3) is 0 Å². The van der Waals surface area contributed by atoms with Gasteiger partial charge in [-0.25, -0.2) is 21.1 Å². The molecule has 1 atom stereocenters. The molecule has 8 nitrogen and oxygen atoms in total. The molecule has 0 aliphatic carbocycles. The van der Waals surface area contributed by atoms with Crippen LogP contribution in [0.2, 0.25) is 0 Å². The lowest BCUT2D eigenvalue weighted by molar-refractivity contribution is -0.119. The Hall–Kier alpha value is -2.27. The van der Waals surface area contributed by atoms with Gasteiger partial charge < -0.3 is 5.32 Å². The molecule has 30 heavy (non-hydrogen) atoms. The van der Waals surface area contributed by atoms with E-state index in [4.69, 9.17) is 0 Å². The molecule has 0 spiro atoms. The van der Waals surface area contributed by atoms with E-state index < -0.39 is 32.0 Å². The molecule has 2 aromatic carbocycles. The highest BCUT2D eigenvalue weighted by Crippen LogP contribution is 2.27. The van der Waals surface area contributed by atoms with E-state index in [0.29, 0.717) is 18.5 Å². The molecule has 2 aromatic rings. The van der Waals surface area contributed by atoms with Gasteiger partial charge in [-0.2, -0.15) is 4.31 Å². The first kappa shape index (κ1) is 22.4. The number of amides is 1. The third kappa shape index (κ3) is 4.41. The summed E-state index contributed by atoms with van der Waals surface area (Å²) < 4.78 is 53.0. The summed E-state index contributed by atoms with van der Waals surface area (Å²) in [5.74, 6) is -0.484. The summed E-state index contributed by atoms with van der Waals surface area (Å²) >= 11 is 0. The van der Waals surface area contributed by atoms with E-state index in [-0.39, 0.29) is 16.3 Å². The highest BCUT2D eigenvalue weighted by molar-refractivity contribution is 7.89. The number of rotatable bonds is 6. The van der Waals surface area contributed by atoms with Gasteiger partial charge in [0.25, 0.3) is 0 Å². The van der Waals surface area contributed by atoms with E-state index in [1.165, 1.54) is 48.7 Å². The van der Waals surface area contributed by atoms with Gasteiger partial charge in [-0.05, 0) is 50.1 Å². The van der Waals surface area contributed by atoms with Crippen LogP contribution in [0.15, 0.2) is 58.3 Å². The zero-order chi connectivity index (χ0) is 22.1. The van der Waals surface area contributed by atoms with Gasteiger partial charge in [0.2, 0.25) is 26.0 Å². The van der Waals surface area contributed by atoms with Crippen LogP contribution in [-0.2, 0) is 24.8 Å². The van der Waals surface area contributed by atoms with Crippen LogP contribution in [0, 0.1) is 6.92 Å². The Morgan fingerprint density at radius 1 is 1.03 bits per heavy atom. The highest BCUT2D eigenvalue weighted by atomic mass is 32.2. The third-order valence-corrected chi connectivity index (χ3v) is 8.75. The van der Waals surface area contributed by atoms with Crippen LogP contribution in [0.1, 0.15) is 18.4 Å². The van der Waals surface area contributed by atoms with Crippen LogP contribution < -0.4 is 5.32 Å². The van der Waals surface area contributed by atoms with Crippen molar-refractivity contribution in [3.8, 4) is 0 Å². The molecule has 1 saturated heterocycles. The molecule has 162 valence electrons. The molecular weight excluding hydrogens is 426 g/mol. The second-order valence-electron chi connectivity index (χ2n) is 7.39. The summed E-state index contributed by atoms with van der Waals surface area (Å²) in [6.45, 7) is 2.12. The predicted molar refractivity (Wildman–Crippen MR) is 114 cm³/mol. The number of nitrogens with zero attached hydrogens (tertiary/aromatic N) is 2. The molecule has 0 aromatic heterocycles. The number of anilines is 1. The molecule has 1 aliphatic rings. The minimum Gasteiger partial charge on any atom is -0.325 e. The fraction of sp³-hybridized carbons (Fsp3) is 0.350.